The Morgan fingerprint density at radius 2 is 1.83 bits per heavy atom. The van der Waals surface area contributed by atoms with Gasteiger partial charge in [-0.3, -0.25) is 14.5 Å². The number of carbonyl (C=O) groups is 2. The SMILES string of the molecule is CC(C)c1cc(C(=O)C(CNC(=O)CN2CCOCC2)Oc2ccc3c(c2)CNC3)c(O)cc1O. The molecule has 9 nitrogen and oxygen atoms in total. The average Bonchev–Trinajstić information content (AvgIpc) is 3.30. The Hall–Kier alpha value is -3.14. The van der Waals surface area contributed by atoms with Gasteiger partial charge < -0.3 is 30.3 Å². The Morgan fingerprint density at radius 1 is 1.09 bits per heavy atom. The fraction of sp³-hybridized carbons (Fsp3) is 0.462. The number of Topliss-reactive ketones (excluding diaryl/α,β-unsaturated/α-hetero) is 1. The van der Waals surface area contributed by atoms with E-state index in [1.165, 1.54) is 17.7 Å². The lowest BCUT2D eigenvalue weighted by atomic mass is 9.95. The fourth-order valence-corrected chi connectivity index (χ4v) is 4.35. The number of nitrogens with one attached hydrogen (secondary N) is 2. The minimum Gasteiger partial charge on any atom is -0.508 e. The van der Waals surface area contributed by atoms with E-state index in [1.807, 2.05) is 30.9 Å². The highest BCUT2D eigenvalue weighted by Gasteiger charge is 2.28. The summed E-state index contributed by atoms with van der Waals surface area (Å²) in [4.78, 5) is 28.1. The Bertz CT molecular complexity index is 1080. The van der Waals surface area contributed by atoms with E-state index in [0.717, 1.165) is 18.7 Å². The van der Waals surface area contributed by atoms with Crippen molar-refractivity contribution in [1.29, 1.82) is 0 Å². The smallest absolute Gasteiger partial charge is 0.234 e. The van der Waals surface area contributed by atoms with Crippen molar-refractivity contribution in [2.45, 2.75) is 39.0 Å². The third-order valence-corrected chi connectivity index (χ3v) is 6.37. The third-order valence-electron chi connectivity index (χ3n) is 6.37. The van der Waals surface area contributed by atoms with Crippen molar-refractivity contribution >= 4 is 11.7 Å². The van der Waals surface area contributed by atoms with E-state index < -0.39 is 11.9 Å². The quantitative estimate of drug-likeness (QED) is 0.399. The Morgan fingerprint density at radius 3 is 2.57 bits per heavy atom. The maximum absolute atomic E-state index is 13.5. The second-order valence-electron chi connectivity index (χ2n) is 9.28. The van der Waals surface area contributed by atoms with Crippen LogP contribution in [0, 0.1) is 0 Å². The third kappa shape index (κ3) is 6.11. The van der Waals surface area contributed by atoms with Crippen LogP contribution in [0.5, 0.6) is 17.2 Å². The lowest BCUT2D eigenvalue weighted by Gasteiger charge is -2.26. The highest BCUT2D eigenvalue weighted by Crippen LogP contribution is 2.33. The second-order valence-corrected chi connectivity index (χ2v) is 9.28. The minimum absolute atomic E-state index is 0.0433. The van der Waals surface area contributed by atoms with Gasteiger partial charge in [0.2, 0.25) is 11.7 Å². The second kappa shape index (κ2) is 11.1. The predicted octanol–water partition coefficient (Wildman–Crippen LogP) is 1.90. The summed E-state index contributed by atoms with van der Waals surface area (Å²) in [6, 6.07) is 8.32. The Balaban J connectivity index is 1.54. The lowest BCUT2D eigenvalue weighted by Crippen LogP contribution is -2.46. The largest absolute Gasteiger partial charge is 0.508 e. The van der Waals surface area contributed by atoms with E-state index in [4.69, 9.17) is 9.47 Å². The summed E-state index contributed by atoms with van der Waals surface area (Å²) in [7, 11) is 0. The van der Waals surface area contributed by atoms with Crippen LogP contribution in [0.25, 0.3) is 0 Å². The van der Waals surface area contributed by atoms with Crippen LogP contribution in [0.4, 0.5) is 0 Å². The van der Waals surface area contributed by atoms with Crippen LogP contribution in [-0.2, 0) is 22.6 Å². The van der Waals surface area contributed by atoms with Gasteiger partial charge in [0.15, 0.2) is 6.10 Å². The molecule has 2 aromatic rings. The fourth-order valence-electron chi connectivity index (χ4n) is 4.35. The van der Waals surface area contributed by atoms with Crippen molar-refractivity contribution in [3.63, 3.8) is 0 Å². The highest BCUT2D eigenvalue weighted by molar-refractivity contribution is 6.02. The van der Waals surface area contributed by atoms with Gasteiger partial charge >= 0.3 is 0 Å². The molecule has 2 aromatic carbocycles. The van der Waals surface area contributed by atoms with E-state index in [0.29, 0.717) is 37.6 Å². The molecule has 1 saturated heterocycles. The average molecular weight is 484 g/mol. The van der Waals surface area contributed by atoms with Crippen LogP contribution in [0.2, 0.25) is 0 Å². The van der Waals surface area contributed by atoms with Gasteiger partial charge in [-0.1, -0.05) is 19.9 Å². The van der Waals surface area contributed by atoms with Gasteiger partial charge in [0.1, 0.15) is 17.2 Å². The molecule has 0 bridgehead atoms. The van der Waals surface area contributed by atoms with E-state index in [1.54, 1.807) is 6.07 Å². The summed E-state index contributed by atoms with van der Waals surface area (Å²) in [6.45, 7) is 7.95. The first-order valence-electron chi connectivity index (χ1n) is 12.0. The lowest BCUT2D eigenvalue weighted by molar-refractivity contribution is -0.123. The standard InChI is InChI=1S/C26H33N3O6/c1-16(2)20-10-21(23(31)11-22(20)30)26(33)24(14-28-25(32)15-29-5-7-34-8-6-29)35-19-4-3-17-12-27-13-18(17)9-19/h3-4,9-11,16,24,27,30-31H,5-8,12-15H2,1-2H3,(H,28,32). The predicted molar refractivity (Wildman–Crippen MR) is 130 cm³/mol. The molecular formula is C26H33N3O6. The molecule has 35 heavy (non-hydrogen) atoms. The number of carbonyl (C=O) groups excluding carboxylic acids is 2. The number of ketones is 1. The number of aromatic hydroxyl groups is 2. The zero-order chi connectivity index (χ0) is 24.9. The van der Waals surface area contributed by atoms with E-state index >= 15 is 0 Å². The Kier molecular flexibility index (Phi) is 7.90. The molecule has 0 saturated carbocycles. The number of phenolic OH excluding ortho intramolecular Hbond substituents is 2. The molecule has 9 heteroatoms. The van der Waals surface area contributed by atoms with Crippen LogP contribution in [0.3, 0.4) is 0 Å². The first kappa shape index (κ1) is 25.0. The van der Waals surface area contributed by atoms with Gasteiger partial charge in [-0.2, -0.15) is 0 Å². The molecule has 4 N–H and O–H groups in total. The van der Waals surface area contributed by atoms with Crippen molar-refractivity contribution in [2.75, 3.05) is 39.4 Å². The molecule has 0 radical (unpaired) electrons. The molecule has 0 spiro atoms. The van der Waals surface area contributed by atoms with Gasteiger partial charge in [-0.25, -0.2) is 0 Å². The molecular weight excluding hydrogens is 450 g/mol. The highest BCUT2D eigenvalue weighted by atomic mass is 16.5. The number of hydrogen-bond donors (Lipinski definition) is 4. The maximum Gasteiger partial charge on any atom is 0.234 e. The van der Waals surface area contributed by atoms with Gasteiger partial charge in [0, 0.05) is 32.2 Å². The molecule has 1 fully saturated rings. The van der Waals surface area contributed by atoms with E-state index in [9.17, 15) is 19.8 Å². The van der Waals surface area contributed by atoms with E-state index in [2.05, 4.69) is 10.6 Å². The number of rotatable bonds is 9. The molecule has 2 aliphatic heterocycles. The van der Waals surface area contributed by atoms with Crippen molar-refractivity contribution in [3.05, 3.63) is 52.6 Å². The van der Waals surface area contributed by atoms with Gasteiger partial charge in [0.05, 0.1) is 31.9 Å². The Labute approximate surface area is 205 Å². The molecule has 1 atom stereocenters. The van der Waals surface area contributed by atoms with Gasteiger partial charge in [-0.05, 0) is 40.8 Å². The summed E-state index contributed by atoms with van der Waals surface area (Å²) in [5, 5.41) is 26.7. The van der Waals surface area contributed by atoms with Gasteiger partial charge in [0.25, 0.3) is 0 Å². The summed E-state index contributed by atoms with van der Waals surface area (Å²) in [5.41, 5.74) is 2.86. The first-order chi connectivity index (χ1) is 16.8. The zero-order valence-electron chi connectivity index (χ0n) is 20.2. The number of fused-ring (bicyclic) bond motifs is 1. The molecule has 4 rings (SSSR count). The molecule has 1 unspecified atom stereocenters. The minimum atomic E-state index is -1.06. The number of hydrogen-bond acceptors (Lipinski definition) is 8. The summed E-state index contributed by atoms with van der Waals surface area (Å²) >= 11 is 0. The van der Waals surface area contributed by atoms with E-state index in [-0.39, 0.29) is 42.0 Å². The maximum atomic E-state index is 13.5. The van der Waals surface area contributed by atoms with Crippen molar-refractivity contribution in [1.82, 2.24) is 15.5 Å². The molecule has 1 amide bonds. The number of amides is 1. The van der Waals surface area contributed by atoms with Crippen molar-refractivity contribution < 1.29 is 29.3 Å². The number of benzene rings is 2. The van der Waals surface area contributed by atoms with Crippen LogP contribution >= 0.6 is 0 Å². The molecule has 0 aliphatic carbocycles. The van der Waals surface area contributed by atoms with Crippen LogP contribution < -0.4 is 15.4 Å². The molecule has 0 aromatic heterocycles. The van der Waals surface area contributed by atoms with Crippen LogP contribution in [0.15, 0.2) is 30.3 Å². The number of nitrogens with zero attached hydrogens (tertiary/aromatic N) is 1. The first-order valence-corrected chi connectivity index (χ1v) is 12.0. The molecule has 188 valence electrons. The molecule has 2 aliphatic rings. The van der Waals surface area contributed by atoms with Crippen molar-refractivity contribution in [3.8, 4) is 17.2 Å². The van der Waals surface area contributed by atoms with Crippen LogP contribution in [-0.4, -0.2) is 72.3 Å². The number of ether oxygens (including phenoxy) is 2. The molecule has 2 heterocycles. The number of morpholine rings is 1. The summed E-state index contributed by atoms with van der Waals surface area (Å²) in [6.07, 6.45) is -1.06. The summed E-state index contributed by atoms with van der Waals surface area (Å²) < 4.78 is 11.4. The van der Waals surface area contributed by atoms with Crippen molar-refractivity contribution in [2.24, 2.45) is 0 Å². The summed E-state index contributed by atoms with van der Waals surface area (Å²) in [5.74, 6) is -0.645. The number of phenols is 2. The van der Waals surface area contributed by atoms with Gasteiger partial charge in [-0.15, -0.1) is 0 Å². The monoisotopic (exact) mass is 483 g/mol. The zero-order valence-corrected chi connectivity index (χ0v) is 20.2. The normalized spacial score (nSPS) is 16.7. The topological polar surface area (TPSA) is 120 Å². The van der Waals surface area contributed by atoms with Crippen LogP contribution in [0.1, 0.15) is 46.8 Å².